The summed E-state index contributed by atoms with van der Waals surface area (Å²) in [7, 11) is 0. The summed E-state index contributed by atoms with van der Waals surface area (Å²) in [6.45, 7) is -0.992. The highest BCUT2D eigenvalue weighted by Gasteiger charge is 2.14. The lowest BCUT2D eigenvalue weighted by Gasteiger charge is -2.18. The highest BCUT2D eigenvalue weighted by Crippen LogP contribution is 2.28. The highest BCUT2D eigenvalue weighted by atomic mass is 19.3. The molecule has 1 unspecified atom stereocenters. The third-order valence-electron chi connectivity index (χ3n) is 2.55. The second kappa shape index (κ2) is 6.08. The summed E-state index contributed by atoms with van der Waals surface area (Å²) in [5.74, 6) is 0.161. The van der Waals surface area contributed by atoms with E-state index in [0.29, 0.717) is 11.3 Å². The van der Waals surface area contributed by atoms with Gasteiger partial charge in [0, 0.05) is 5.56 Å². The Kier molecular flexibility index (Phi) is 4.22. The Balaban J connectivity index is 2.16. The first kappa shape index (κ1) is 13.2. The van der Waals surface area contributed by atoms with Crippen LogP contribution in [0.2, 0.25) is 0 Å². The van der Waals surface area contributed by atoms with Gasteiger partial charge in [-0.15, -0.1) is 0 Å². The van der Waals surface area contributed by atoms with Crippen LogP contribution < -0.4 is 10.1 Å². The Hall–Kier alpha value is -2.24. The van der Waals surface area contributed by atoms with Gasteiger partial charge in [-0.1, -0.05) is 18.2 Å². The molecule has 0 fully saturated rings. The minimum Gasteiger partial charge on any atom is -0.434 e. The van der Waals surface area contributed by atoms with Crippen LogP contribution in [0.1, 0.15) is 18.5 Å². The van der Waals surface area contributed by atoms with Gasteiger partial charge in [-0.3, -0.25) is 0 Å². The minimum atomic E-state index is -2.84. The maximum atomic E-state index is 12.3. The van der Waals surface area contributed by atoms with Crippen LogP contribution in [0.4, 0.5) is 14.5 Å². The van der Waals surface area contributed by atoms with Crippen molar-refractivity contribution in [1.82, 2.24) is 9.97 Å². The van der Waals surface area contributed by atoms with Crippen molar-refractivity contribution in [3.8, 4) is 5.75 Å². The average molecular weight is 265 g/mol. The molecule has 4 nitrogen and oxygen atoms in total. The van der Waals surface area contributed by atoms with Crippen LogP contribution in [0.25, 0.3) is 0 Å². The Morgan fingerprint density at radius 3 is 2.53 bits per heavy atom. The Morgan fingerprint density at radius 2 is 1.84 bits per heavy atom. The summed E-state index contributed by atoms with van der Waals surface area (Å²) in [6.07, 6.45) is 4.64. The highest BCUT2D eigenvalue weighted by molar-refractivity contribution is 5.44. The molecule has 1 aromatic heterocycles. The molecule has 0 saturated heterocycles. The molecule has 2 rings (SSSR count). The molecule has 1 N–H and O–H groups in total. The number of aromatic nitrogens is 2. The number of ether oxygens (including phenoxy) is 1. The summed E-state index contributed by atoms with van der Waals surface area (Å²) < 4.78 is 29.2. The van der Waals surface area contributed by atoms with Gasteiger partial charge in [-0.05, 0) is 13.0 Å². The first-order valence-corrected chi connectivity index (χ1v) is 5.72. The zero-order valence-corrected chi connectivity index (χ0v) is 10.3. The molecule has 6 heteroatoms. The standard InChI is InChI=1S/C13H13F2N3O/c1-9(18-10-6-16-8-17-7-10)11-4-2-3-5-12(11)19-13(14)15/h2-9,13,18H,1H3. The van der Waals surface area contributed by atoms with Crippen molar-refractivity contribution < 1.29 is 13.5 Å². The summed E-state index contributed by atoms with van der Waals surface area (Å²) in [4.78, 5) is 7.75. The number of benzene rings is 1. The van der Waals surface area contributed by atoms with Gasteiger partial charge in [0.1, 0.15) is 12.1 Å². The van der Waals surface area contributed by atoms with Crippen molar-refractivity contribution in [2.24, 2.45) is 0 Å². The fraction of sp³-hybridized carbons (Fsp3) is 0.231. The van der Waals surface area contributed by atoms with Gasteiger partial charge in [0.15, 0.2) is 0 Å². The number of anilines is 1. The smallest absolute Gasteiger partial charge is 0.387 e. The molecule has 0 aliphatic carbocycles. The van der Waals surface area contributed by atoms with Gasteiger partial charge in [0.2, 0.25) is 0 Å². The fourth-order valence-electron chi connectivity index (χ4n) is 1.74. The van der Waals surface area contributed by atoms with Crippen molar-refractivity contribution in [1.29, 1.82) is 0 Å². The normalized spacial score (nSPS) is 12.2. The zero-order chi connectivity index (χ0) is 13.7. The van der Waals surface area contributed by atoms with Crippen molar-refractivity contribution >= 4 is 5.69 Å². The number of para-hydroxylation sites is 1. The maximum absolute atomic E-state index is 12.3. The van der Waals surface area contributed by atoms with E-state index in [9.17, 15) is 8.78 Å². The van der Waals surface area contributed by atoms with E-state index in [1.54, 1.807) is 30.6 Å². The van der Waals surface area contributed by atoms with E-state index in [1.165, 1.54) is 12.4 Å². The molecule has 0 aliphatic rings. The monoisotopic (exact) mass is 265 g/mol. The summed E-state index contributed by atoms with van der Waals surface area (Å²) in [5.41, 5.74) is 1.36. The molecule has 0 amide bonds. The van der Waals surface area contributed by atoms with Crippen LogP contribution >= 0.6 is 0 Å². The Labute approximate surface area is 109 Å². The minimum absolute atomic E-state index is 0.161. The topological polar surface area (TPSA) is 47.0 Å². The van der Waals surface area contributed by atoms with Crippen molar-refractivity contribution in [2.75, 3.05) is 5.32 Å². The molecular formula is C13H13F2N3O. The predicted molar refractivity (Wildman–Crippen MR) is 67.1 cm³/mol. The Bertz CT molecular complexity index is 522. The number of hydrogen-bond acceptors (Lipinski definition) is 4. The number of halogens is 2. The molecule has 1 aromatic carbocycles. The number of alkyl halides is 2. The van der Waals surface area contributed by atoms with Crippen molar-refractivity contribution in [3.05, 3.63) is 48.5 Å². The molecule has 2 aromatic rings. The number of hydrogen-bond donors (Lipinski definition) is 1. The number of rotatable bonds is 5. The van der Waals surface area contributed by atoms with Gasteiger partial charge in [0.25, 0.3) is 0 Å². The third-order valence-corrected chi connectivity index (χ3v) is 2.55. The van der Waals surface area contributed by atoms with Crippen LogP contribution in [-0.2, 0) is 0 Å². The van der Waals surface area contributed by atoms with Crippen molar-refractivity contribution in [3.63, 3.8) is 0 Å². The van der Waals surface area contributed by atoms with Crippen molar-refractivity contribution in [2.45, 2.75) is 19.6 Å². The van der Waals surface area contributed by atoms with Crippen LogP contribution in [0.5, 0.6) is 5.75 Å². The molecule has 1 atom stereocenters. The fourth-order valence-corrected chi connectivity index (χ4v) is 1.74. The molecular weight excluding hydrogens is 252 g/mol. The van der Waals surface area contributed by atoms with Crippen LogP contribution in [0.15, 0.2) is 43.0 Å². The molecule has 0 spiro atoms. The first-order chi connectivity index (χ1) is 9.16. The molecule has 19 heavy (non-hydrogen) atoms. The summed E-state index contributed by atoms with van der Waals surface area (Å²) >= 11 is 0. The summed E-state index contributed by atoms with van der Waals surface area (Å²) in [5, 5.41) is 3.12. The molecule has 0 radical (unpaired) electrons. The molecule has 0 aliphatic heterocycles. The van der Waals surface area contributed by atoms with Gasteiger partial charge in [0.05, 0.1) is 24.1 Å². The van der Waals surface area contributed by atoms with E-state index in [-0.39, 0.29) is 11.8 Å². The second-order valence-electron chi connectivity index (χ2n) is 3.91. The van der Waals surface area contributed by atoms with E-state index in [1.807, 2.05) is 6.92 Å². The lowest BCUT2D eigenvalue weighted by Crippen LogP contribution is -2.11. The largest absolute Gasteiger partial charge is 0.434 e. The van der Waals surface area contributed by atoms with E-state index < -0.39 is 6.61 Å². The van der Waals surface area contributed by atoms with Crippen LogP contribution in [0, 0.1) is 0 Å². The predicted octanol–water partition coefficient (Wildman–Crippen LogP) is 3.25. The molecule has 100 valence electrons. The first-order valence-electron chi connectivity index (χ1n) is 5.72. The van der Waals surface area contributed by atoms with Crippen LogP contribution in [-0.4, -0.2) is 16.6 Å². The number of nitrogens with one attached hydrogen (secondary N) is 1. The van der Waals surface area contributed by atoms with Gasteiger partial charge in [-0.2, -0.15) is 8.78 Å². The SMILES string of the molecule is CC(Nc1cncnc1)c1ccccc1OC(F)F. The molecule has 1 heterocycles. The summed E-state index contributed by atoms with van der Waals surface area (Å²) in [6, 6.07) is 6.47. The Morgan fingerprint density at radius 1 is 1.16 bits per heavy atom. The molecule has 0 bridgehead atoms. The zero-order valence-electron chi connectivity index (χ0n) is 10.3. The van der Waals surface area contributed by atoms with E-state index in [0.717, 1.165) is 0 Å². The van der Waals surface area contributed by atoms with E-state index in [4.69, 9.17) is 0 Å². The third kappa shape index (κ3) is 3.61. The lowest BCUT2D eigenvalue weighted by molar-refractivity contribution is -0.0505. The lowest BCUT2D eigenvalue weighted by atomic mass is 10.1. The van der Waals surface area contributed by atoms with Gasteiger partial charge < -0.3 is 10.1 Å². The van der Waals surface area contributed by atoms with E-state index in [2.05, 4.69) is 20.0 Å². The molecule has 0 saturated carbocycles. The van der Waals surface area contributed by atoms with E-state index >= 15 is 0 Å². The number of nitrogens with zero attached hydrogens (tertiary/aromatic N) is 2. The van der Waals surface area contributed by atoms with Crippen LogP contribution in [0.3, 0.4) is 0 Å². The maximum Gasteiger partial charge on any atom is 0.387 e. The van der Waals surface area contributed by atoms with Gasteiger partial charge in [-0.25, -0.2) is 9.97 Å². The van der Waals surface area contributed by atoms with Gasteiger partial charge >= 0.3 is 6.61 Å². The second-order valence-corrected chi connectivity index (χ2v) is 3.91. The quantitative estimate of drug-likeness (QED) is 0.901. The average Bonchev–Trinajstić information content (AvgIpc) is 2.39.